The molecule has 14 nitrogen and oxygen atoms in total. The molecule has 44 heavy (non-hydrogen) atoms. The van der Waals surface area contributed by atoms with Crippen molar-refractivity contribution in [3.63, 3.8) is 0 Å². The van der Waals surface area contributed by atoms with Crippen LogP contribution in [-0.2, 0) is 14.3 Å². The van der Waals surface area contributed by atoms with Gasteiger partial charge in [-0.1, -0.05) is 23.4 Å². The van der Waals surface area contributed by atoms with E-state index in [0.717, 1.165) is 12.8 Å². The number of para-hydroxylation sites is 1. The molecule has 0 spiro atoms. The number of methoxy groups -OCH3 is 1. The maximum atomic E-state index is 13.2. The normalized spacial score (nSPS) is 15.7. The van der Waals surface area contributed by atoms with Crippen molar-refractivity contribution in [3.8, 4) is 17.1 Å². The fraction of sp³-hybridized carbons (Fsp3) is 0.444. The number of nitrogens with one attached hydrogen (secondary N) is 3. The van der Waals surface area contributed by atoms with Crippen molar-refractivity contribution < 1.29 is 28.4 Å². The lowest BCUT2D eigenvalue weighted by Gasteiger charge is -2.29. The summed E-state index contributed by atoms with van der Waals surface area (Å²) in [4.78, 5) is 44.8. The summed E-state index contributed by atoms with van der Waals surface area (Å²) in [5.41, 5.74) is 0.760. The number of nitrogens with zero attached hydrogens (tertiary/aromatic N) is 5. The lowest BCUT2D eigenvalue weighted by molar-refractivity contribution is -0.137. The summed E-state index contributed by atoms with van der Waals surface area (Å²) >= 11 is 0. The van der Waals surface area contributed by atoms with Gasteiger partial charge in [-0.2, -0.15) is 4.98 Å². The highest BCUT2D eigenvalue weighted by Gasteiger charge is 2.32. The molecule has 5 rings (SSSR count). The minimum Gasteiger partial charge on any atom is -0.494 e. The Morgan fingerprint density at radius 2 is 1.89 bits per heavy atom. The summed E-state index contributed by atoms with van der Waals surface area (Å²) in [7, 11) is 18.1. The molecular weight excluding hydrogens is 565 g/mol. The second-order valence-corrected chi connectivity index (χ2v) is 10.5. The Morgan fingerprint density at radius 3 is 2.55 bits per heavy atom. The van der Waals surface area contributed by atoms with Crippen LogP contribution in [0.15, 0.2) is 28.8 Å². The molecule has 1 aliphatic heterocycles. The van der Waals surface area contributed by atoms with Crippen molar-refractivity contribution in [2.24, 2.45) is 5.92 Å². The molecule has 3 amide bonds. The summed E-state index contributed by atoms with van der Waals surface area (Å²) in [5.74, 6) is -1.04. The molecule has 3 N–H and O–H groups in total. The molecule has 2 fully saturated rings. The van der Waals surface area contributed by atoms with E-state index < -0.39 is 17.1 Å². The average Bonchev–Trinajstić information content (AvgIpc) is 3.75. The molecule has 1 saturated carbocycles. The molecular formula is C27H29B3N8O6. The second-order valence-electron chi connectivity index (χ2n) is 10.5. The first-order valence-corrected chi connectivity index (χ1v) is 14.1. The van der Waals surface area contributed by atoms with E-state index >= 15 is 0 Å². The Hall–Kier alpha value is -4.40. The molecule has 1 atom stereocenters. The van der Waals surface area contributed by atoms with Crippen molar-refractivity contribution in [1.29, 1.82) is 0 Å². The zero-order valence-electron chi connectivity index (χ0n) is 24.3. The van der Waals surface area contributed by atoms with Crippen molar-refractivity contribution in [2.45, 2.75) is 37.3 Å². The molecule has 1 unspecified atom stereocenters. The van der Waals surface area contributed by atoms with Crippen LogP contribution in [0.3, 0.4) is 0 Å². The van der Waals surface area contributed by atoms with E-state index in [4.69, 9.17) is 37.5 Å². The third-order valence-electron chi connectivity index (χ3n) is 7.04. The van der Waals surface area contributed by atoms with Crippen LogP contribution in [0.2, 0.25) is 0 Å². The molecule has 3 aromatic rings. The number of rotatable bonds is 11. The number of hydrogen-bond donors (Lipinski definition) is 3. The number of amides is 3. The number of hydrogen-bond acceptors (Lipinski definition) is 11. The second kappa shape index (κ2) is 13.1. The summed E-state index contributed by atoms with van der Waals surface area (Å²) in [6, 6.07) is 6.55. The van der Waals surface area contributed by atoms with Gasteiger partial charge in [0.2, 0.25) is 23.5 Å². The van der Waals surface area contributed by atoms with E-state index in [1.165, 1.54) is 13.2 Å². The van der Waals surface area contributed by atoms with Crippen LogP contribution in [0.4, 0.5) is 17.2 Å². The predicted octanol–water partition coefficient (Wildman–Crippen LogP) is 0.826. The summed E-state index contributed by atoms with van der Waals surface area (Å²) < 4.78 is 16.6. The average molecular weight is 594 g/mol. The van der Waals surface area contributed by atoms with E-state index in [1.807, 2.05) is 6.92 Å². The number of carbonyl (C=O) groups excluding carboxylic acids is 3. The Bertz CT molecular complexity index is 1540. The third-order valence-corrected chi connectivity index (χ3v) is 7.04. The molecule has 222 valence electrons. The van der Waals surface area contributed by atoms with Crippen LogP contribution >= 0.6 is 0 Å². The molecule has 1 aromatic carbocycles. The minimum atomic E-state index is -2.03. The van der Waals surface area contributed by atoms with E-state index in [9.17, 15) is 14.4 Å². The Kier molecular flexibility index (Phi) is 9.23. The van der Waals surface area contributed by atoms with Gasteiger partial charge in [0.1, 0.15) is 5.92 Å². The van der Waals surface area contributed by atoms with Gasteiger partial charge in [0.15, 0.2) is 17.3 Å². The number of carbonyl (C=O) groups is 3. The molecule has 2 aliphatic rings. The molecule has 1 saturated heterocycles. The lowest BCUT2D eigenvalue weighted by Crippen LogP contribution is -2.50. The third kappa shape index (κ3) is 7.21. The Balaban J connectivity index is 1.45. The van der Waals surface area contributed by atoms with Gasteiger partial charge in [0, 0.05) is 25.1 Å². The van der Waals surface area contributed by atoms with E-state index in [-0.39, 0.29) is 46.6 Å². The molecule has 2 aromatic heterocycles. The van der Waals surface area contributed by atoms with Crippen molar-refractivity contribution in [2.75, 3.05) is 44.0 Å². The SMILES string of the molecule is [B]C([B])([B])NC(=O)c1nnc(NC(=O)C2CC2)cc1Nc1cccc(-c2noc(C(CC)C(=O)N3CCOCC3)n2)c1OC. The number of anilines is 3. The lowest BCUT2D eigenvalue weighted by atomic mass is 9.49. The minimum absolute atomic E-state index is 0.0865. The van der Waals surface area contributed by atoms with Crippen molar-refractivity contribution in [3.05, 3.63) is 35.9 Å². The van der Waals surface area contributed by atoms with Gasteiger partial charge in [-0.3, -0.25) is 14.4 Å². The van der Waals surface area contributed by atoms with E-state index in [0.29, 0.717) is 49.7 Å². The molecule has 3 heterocycles. The van der Waals surface area contributed by atoms with Gasteiger partial charge in [-0.25, -0.2) is 0 Å². The highest BCUT2D eigenvalue weighted by molar-refractivity contribution is 6.60. The van der Waals surface area contributed by atoms with Gasteiger partial charge in [0.05, 0.1) is 60.8 Å². The first-order chi connectivity index (χ1) is 21.1. The molecule has 6 radical (unpaired) electrons. The highest BCUT2D eigenvalue weighted by Crippen LogP contribution is 2.38. The predicted molar refractivity (Wildman–Crippen MR) is 161 cm³/mol. The van der Waals surface area contributed by atoms with Gasteiger partial charge in [-0.05, 0) is 31.4 Å². The fourth-order valence-electron chi connectivity index (χ4n) is 4.67. The van der Waals surface area contributed by atoms with Gasteiger partial charge in [0.25, 0.3) is 5.91 Å². The standard InChI is InChI=1S/C27H29B3N8O6/c1-3-15(26(41)38-9-11-43-12-10-38)25-33-22(37-44-25)16-5-4-6-17(21(16)42-2)31-18-13-19(32-23(39)14-7-8-14)35-36-20(18)24(40)34-27(28,29)30/h4-6,13-15H,3,7-12H2,1-2H3,(H,34,40)(H2,31,32,35,39). The van der Waals surface area contributed by atoms with E-state index in [1.54, 1.807) is 23.1 Å². The number of morpholine rings is 1. The topological polar surface area (TPSA) is 174 Å². The molecule has 17 heteroatoms. The van der Waals surface area contributed by atoms with Crippen LogP contribution in [-0.4, -0.2) is 105 Å². The van der Waals surface area contributed by atoms with Crippen molar-refractivity contribution in [1.82, 2.24) is 30.6 Å². The molecule has 1 aliphatic carbocycles. The summed E-state index contributed by atoms with van der Waals surface area (Å²) in [6.45, 7) is 3.82. The maximum Gasteiger partial charge on any atom is 0.272 e. The quantitative estimate of drug-likeness (QED) is 0.269. The largest absolute Gasteiger partial charge is 0.494 e. The van der Waals surface area contributed by atoms with Crippen molar-refractivity contribution >= 4 is 58.5 Å². The van der Waals surface area contributed by atoms with Crippen LogP contribution in [0.25, 0.3) is 11.4 Å². The Morgan fingerprint density at radius 1 is 1.14 bits per heavy atom. The monoisotopic (exact) mass is 594 g/mol. The van der Waals surface area contributed by atoms with Gasteiger partial charge in [-0.15, -0.1) is 10.2 Å². The number of benzene rings is 1. The summed E-state index contributed by atoms with van der Waals surface area (Å²) in [6.07, 6.45) is 2.04. The van der Waals surface area contributed by atoms with Gasteiger partial charge >= 0.3 is 0 Å². The Labute approximate surface area is 257 Å². The summed E-state index contributed by atoms with van der Waals surface area (Å²) in [5, 5.41) is 18.1. The fourth-order valence-corrected chi connectivity index (χ4v) is 4.67. The zero-order chi connectivity index (χ0) is 31.4. The van der Waals surface area contributed by atoms with Crippen LogP contribution in [0.1, 0.15) is 48.5 Å². The maximum absolute atomic E-state index is 13.2. The first kappa shape index (κ1) is 31.0. The smallest absolute Gasteiger partial charge is 0.272 e. The first-order valence-electron chi connectivity index (χ1n) is 14.1. The van der Waals surface area contributed by atoms with Crippen LogP contribution in [0, 0.1) is 5.92 Å². The van der Waals surface area contributed by atoms with Gasteiger partial charge < -0.3 is 34.8 Å². The molecule has 0 bridgehead atoms. The van der Waals surface area contributed by atoms with E-state index in [2.05, 4.69) is 36.3 Å². The van der Waals surface area contributed by atoms with Crippen LogP contribution < -0.4 is 20.7 Å². The number of aromatic nitrogens is 4. The van der Waals surface area contributed by atoms with Crippen LogP contribution in [0.5, 0.6) is 5.75 Å². The number of ether oxygens (including phenoxy) is 2. The highest BCUT2D eigenvalue weighted by atomic mass is 16.5. The zero-order valence-corrected chi connectivity index (χ0v) is 24.3.